The smallest absolute Gasteiger partial charge is 0.317 e. The van der Waals surface area contributed by atoms with E-state index in [-0.39, 0.29) is 12.8 Å². The average Bonchev–Trinajstić information content (AvgIpc) is 2.26. The van der Waals surface area contributed by atoms with E-state index in [1.54, 1.807) is 55.4 Å². The van der Waals surface area contributed by atoms with Gasteiger partial charge in [0.05, 0.1) is 11.2 Å². The highest BCUT2D eigenvalue weighted by Crippen LogP contribution is 2.33. The number of ketones is 1. The van der Waals surface area contributed by atoms with Crippen molar-refractivity contribution in [3.63, 3.8) is 0 Å². The van der Waals surface area contributed by atoms with Gasteiger partial charge in [0.25, 0.3) is 0 Å². The maximum absolute atomic E-state index is 12.8. The van der Waals surface area contributed by atoms with Crippen molar-refractivity contribution >= 4 is 11.8 Å². The van der Waals surface area contributed by atoms with Gasteiger partial charge in [0.2, 0.25) is 12.1 Å². The van der Waals surface area contributed by atoms with E-state index in [2.05, 4.69) is 0 Å². The van der Waals surface area contributed by atoms with Gasteiger partial charge in [0.1, 0.15) is 5.41 Å². The molecule has 0 aliphatic carbocycles. The molecule has 0 aromatic heterocycles. The summed E-state index contributed by atoms with van der Waals surface area (Å²) in [5, 5.41) is 9.51. The van der Waals surface area contributed by atoms with E-state index in [1.165, 1.54) is 0 Å². The molecule has 0 aromatic carbocycles. The number of hydrogen-bond donors (Lipinski definition) is 1. The first-order chi connectivity index (χ1) is 9.29. The fraction of sp³-hybridized carbons (Fsp3) is 0.875. The predicted octanol–water partition coefficient (Wildman–Crippen LogP) is 3.40. The van der Waals surface area contributed by atoms with Crippen LogP contribution in [-0.4, -0.2) is 34.4 Å². The number of ether oxygens (including phenoxy) is 2. The van der Waals surface area contributed by atoms with Crippen LogP contribution in [0.1, 0.15) is 68.2 Å². The molecule has 0 unspecified atom stereocenters. The Morgan fingerprint density at radius 2 is 1.24 bits per heavy atom. The molecule has 0 fully saturated rings. The quantitative estimate of drug-likeness (QED) is 0.576. The van der Waals surface area contributed by atoms with Crippen LogP contribution in [0.5, 0.6) is 0 Å². The number of rotatable bonds is 7. The lowest BCUT2D eigenvalue weighted by molar-refractivity contribution is -0.234. The Balaban J connectivity index is 5.59. The maximum atomic E-state index is 12.8. The van der Waals surface area contributed by atoms with Crippen molar-refractivity contribution in [2.75, 3.05) is 0 Å². The fourth-order valence-corrected chi connectivity index (χ4v) is 2.01. The zero-order valence-electron chi connectivity index (χ0n) is 14.6. The Bertz CT molecular complexity index is 353. The van der Waals surface area contributed by atoms with E-state index in [4.69, 9.17) is 9.47 Å². The monoisotopic (exact) mass is 302 g/mol. The Kier molecular flexibility index (Phi) is 6.57. The topological polar surface area (TPSA) is 72.8 Å². The summed E-state index contributed by atoms with van der Waals surface area (Å²) in [6.07, 6.45) is -0.786. The summed E-state index contributed by atoms with van der Waals surface area (Å²) in [6.45, 7) is 14.2. The number of aliphatic carboxylic acids is 1. The Labute approximate surface area is 128 Å². The molecule has 0 saturated carbocycles. The third-order valence-electron chi connectivity index (χ3n) is 3.22. The van der Waals surface area contributed by atoms with E-state index in [9.17, 15) is 14.7 Å². The number of carbonyl (C=O) groups is 2. The molecule has 0 aliphatic rings. The molecule has 0 aromatic rings. The standard InChI is InChI=1S/C16H30O5/c1-9-16(10-2,13(18)19)11(17)12(20-14(3,4)5)21-15(6,7)8/h12H,9-10H2,1-8H3,(H,18,19). The SMILES string of the molecule is CCC(CC)(C(=O)O)C(=O)C(OC(C)(C)C)OC(C)(C)C. The molecule has 21 heavy (non-hydrogen) atoms. The molecule has 5 nitrogen and oxygen atoms in total. The van der Waals surface area contributed by atoms with Crippen LogP contribution in [-0.2, 0) is 19.1 Å². The van der Waals surface area contributed by atoms with Crippen molar-refractivity contribution < 1.29 is 24.2 Å². The minimum atomic E-state index is -1.47. The molecule has 0 amide bonds. The number of carboxylic acids is 1. The Hall–Kier alpha value is -0.940. The highest BCUT2D eigenvalue weighted by atomic mass is 16.7. The second-order valence-electron chi connectivity index (χ2n) is 7.25. The number of Topliss-reactive ketones (excluding diaryl/α,β-unsaturated/α-hetero) is 1. The summed E-state index contributed by atoms with van der Waals surface area (Å²) in [4.78, 5) is 24.4. The molecule has 0 spiro atoms. The lowest BCUT2D eigenvalue weighted by Gasteiger charge is -2.36. The summed E-state index contributed by atoms with van der Waals surface area (Å²) in [7, 11) is 0. The third-order valence-corrected chi connectivity index (χ3v) is 3.22. The number of hydrogen-bond acceptors (Lipinski definition) is 4. The molecule has 0 atom stereocenters. The molecule has 124 valence electrons. The van der Waals surface area contributed by atoms with Crippen molar-refractivity contribution in [2.45, 2.75) is 85.7 Å². The van der Waals surface area contributed by atoms with Crippen LogP contribution >= 0.6 is 0 Å². The minimum absolute atomic E-state index is 0.204. The largest absolute Gasteiger partial charge is 0.480 e. The molecule has 0 saturated heterocycles. The Morgan fingerprint density at radius 1 is 0.905 bits per heavy atom. The number of carbonyl (C=O) groups excluding carboxylic acids is 1. The van der Waals surface area contributed by atoms with Gasteiger partial charge in [0.15, 0.2) is 0 Å². The molecule has 5 heteroatoms. The molecule has 1 N–H and O–H groups in total. The first-order valence-electron chi connectivity index (χ1n) is 7.42. The van der Waals surface area contributed by atoms with Crippen LogP contribution in [0, 0.1) is 5.41 Å². The van der Waals surface area contributed by atoms with Gasteiger partial charge < -0.3 is 14.6 Å². The van der Waals surface area contributed by atoms with Crippen LogP contribution in [0.3, 0.4) is 0 Å². The van der Waals surface area contributed by atoms with Gasteiger partial charge >= 0.3 is 5.97 Å². The van der Waals surface area contributed by atoms with Gasteiger partial charge in [0, 0.05) is 0 Å². The van der Waals surface area contributed by atoms with Crippen LogP contribution in [0.4, 0.5) is 0 Å². The van der Waals surface area contributed by atoms with Crippen LogP contribution in [0.25, 0.3) is 0 Å². The van der Waals surface area contributed by atoms with Crippen molar-refractivity contribution in [1.82, 2.24) is 0 Å². The lowest BCUT2D eigenvalue weighted by atomic mass is 9.78. The van der Waals surface area contributed by atoms with Crippen molar-refractivity contribution in [1.29, 1.82) is 0 Å². The van der Waals surface area contributed by atoms with E-state index in [1.807, 2.05) is 0 Å². The summed E-state index contributed by atoms with van der Waals surface area (Å²) in [5.41, 5.74) is -2.70. The van der Waals surface area contributed by atoms with Gasteiger partial charge in [-0.25, -0.2) is 0 Å². The van der Waals surface area contributed by atoms with Crippen molar-refractivity contribution in [3.05, 3.63) is 0 Å². The molecule has 0 aliphatic heterocycles. The van der Waals surface area contributed by atoms with Crippen LogP contribution in [0.15, 0.2) is 0 Å². The number of carboxylic acid groups (broad SMARTS) is 1. The van der Waals surface area contributed by atoms with Gasteiger partial charge in [-0.1, -0.05) is 13.8 Å². The summed E-state index contributed by atoms with van der Waals surface area (Å²) >= 11 is 0. The molecule has 0 bridgehead atoms. The van der Waals surface area contributed by atoms with Crippen molar-refractivity contribution in [2.24, 2.45) is 5.41 Å². The molecular weight excluding hydrogens is 272 g/mol. The van der Waals surface area contributed by atoms with Gasteiger partial charge in [-0.3, -0.25) is 9.59 Å². The van der Waals surface area contributed by atoms with Gasteiger partial charge in [-0.2, -0.15) is 0 Å². The third kappa shape index (κ3) is 5.75. The highest BCUT2D eigenvalue weighted by molar-refractivity contribution is 6.04. The van der Waals surface area contributed by atoms with Crippen LogP contribution in [0.2, 0.25) is 0 Å². The van der Waals surface area contributed by atoms with E-state index >= 15 is 0 Å². The maximum Gasteiger partial charge on any atom is 0.317 e. The van der Waals surface area contributed by atoms with Crippen LogP contribution < -0.4 is 0 Å². The molecular formula is C16H30O5. The predicted molar refractivity (Wildman–Crippen MR) is 81.1 cm³/mol. The fourth-order valence-electron chi connectivity index (χ4n) is 2.01. The van der Waals surface area contributed by atoms with E-state index in [0.29, 0.717) is 0 Å². The summed E-state index contributed by atoms with van der Waals surface area (Å²) in [6, 6.07) is 0. The zero-order chi connectivity index (χ0) is 17.1. The second-order valence-corrected chi connectivity index (χ2v) is 7.25. The first kappa shape index (κ1) is 20.1. The van der Waals surface area contributed by atoms with E-state index < -0.39 is 34.7 Å². The average molecular weight is 302 g/mol. The zero-order valence-corrected chi connectivity index (χ0v) is 14.6. The summed E-state index contributed by atoms with van der Waals surface area (Å²) < 4.78 is 11.4. The van der Waals surface area contributed by atoms with Crippen molar-refractivity contribution in [3.8, 4) is 0 Å². The van der Waals surface area contributed by atoms with Gasteiger partial charge in [-0.05, 0) is 54.4 Å². The molecule has 0 rings (SSSR count). The first-order valence-corrected chi connectivity index (χ1v) is 7.42. The Morgan fingerprint density at radius 3 is 1.43 bits per heavy atom. The summed E-state index contributed by atoms with van der Waals surface area (Å²) in [5.74, 6) is -1.65. The van der Waals surface area contributed by atoms with Gasteiger partial charge in [-0.15, -0.1) is 0 Å². The normalized spacial score (nSPS) is 13.6. The minimum Gasteiger partial charge on any atom is -0.480 e. The molecule has 0 radical (unpaired) electrons. The lowest BCUT2D eigenvalue weighted by Crippen LogP contribution is -2.50. The second kappa shape index (κ2) is 6.88. The molecule has 0 heterocycles. The van der Waals surface area contributed by atoms with E-state index in [0.717, 1.165) is 0 Å². The highest BCUT2D eigenvalue weighted by Gasteiger charge is 2.48.